The molecule has 3 heteroatoms. The van der Waals surface area contributed by atoms with E-state index >= 15 is 0 Å². The van der Waals surface area contributed by atoms with E-state index < -0.39 is 0 Å². The van der Waals surface area contributed by atoms with Crippen LogP contribution in [0, 0.1) is 5.92 Å². The van der Waals surface area contributed by atoms with E-state index in [1.807, 2.05) is 18.7 Å². The molecule has 1 fully saturated rings. The van der Waals surface area contributed by atoms with Crippen LogP contribution in [0.5, 0.6) is 0 Å². The van der Waals surface area contributed by atoms with Gasteiger partial charge < -0.3 is 9.64 Å². The third-order valence-corrected chi connectivity index (χ3v) is 3.35. The lowest BCUT2D eigenvalue weighted by molar-refractivity contribution is -0.147. The molecular formula is C13H21NO2. The number of carbonyl (C=O) groups excluding carboxylic acids is 1. The van der Waals surface area contributed by atoms with Crippen molar-refractivity contribution >= 4 is 5.91 Å². The van der Waals surface area contributed by atoms with Gasteiger partial charge in [-0.05, 0) is 33.1 Å². The summed E-state index contributed by atoms with van der Waals surface area (Å²) in [5.74, 6) is 0.536. The summed E-state index contributed by atoms with van der Waals surface area (Å²) < 4.78 is 5.65. The Balaban J connectivity index is 1.95. The molecule has 0 aromatic rings. The molecule has 3 atom stereocenters. The molecule has 0 bridgehead atoms. The second-order valence-electron chi connectivity index (χ2n) is 4.98. The molecule has 0 radical (unpaired) electrons. The van der Waals surface area contributed by atoms with Crippen LogP contribution in [0.15, 0.2) is 12.2 Å². The van der Waals surface area contributed by atoms with Crippen molar-refractivity contribution in [2.24, 2.45) is 5.92 Å². The van der Waals surface area contributed by atoms with Gasteiger partial charge in [-0.15, -0.1) is 0 Å². The number of allylic oxidation sites excluding steroid dienone is 2. The first-order valence-electron chi connectivity index (χ1n) is 6.26. The average Bonchev–Trinajstić information content (AvgIpc) is 2.28. The van der Waals surface area contributed by atoms with E-state index in [9.17, 15) is 4.79 Å². The number of hydrogen-bond acceptors (Lipinski definition) is 2. The zero-order chi connectivity index (χ0) is 11.5. The van der Waals surface area contributed by atoms with Gasteiger partial charge in [0.1, 0.15) is 0 Å². The van der Waals surface area contributed by atoms with Crippen molar-refractivity contribution in [3.8, 4) is 0 Å². The van der Waals surface area contributed by atoms with Crippen LogP contribution < -0.4 is 0 Å². The van der Waals surface area contributed by atoms with E-state index in [0.29, 0.717) is 5.91 Å². The largest absolute Gasteiger partial charge is 0.372 e. The van der Waals surface area contributed by atoms with Crippen molar-refractivity contribution in [2.45, 2.75) is 45.3 Å². The second-order valence-corrected chi connectivity index (χ2v) is 4.98. The summed E-state index contributed by atoms with van der Waals surface area (Å²) in [4.78, 5) is 14.3. The minimum Gasteiger partial charge on any atom is -0.372 e. The Morgan fingerprint density at radius 3 is 2.50 bits per heavy atom. The standard InChI is InChI=1S/C13H21NO2/c1-10-8-14(9-11(2)16-10)13(15)12-6-4-3-5-7-12/h3-4,10-12H,5-9H2,1-2H3. The number of carbonyl (C=O) groups is 1. The van der Waals surface area contributed by atoms with E-state index in [1.165, 1.54) is 0 Å². The minimum atomic E-state index is 0.173. The van der Waals surface area contributed by atoms with Crippen LogP contribution in [0.2, 0.25) is 0 Å². The number of hydrogen-bond donors (Lipinski definition) is 0. The molecule has 1 saturated heterocycles. The number of amides is 1. The first-order chi connectivity index (χ1) is 7.66. The highest BCUT2D eigenvalue weighted by Gasteiger charge is 2.30. The van der Waals surface area contributed by atoms with Crippen molar-refractivity contribution < 1.29 is 9.53 Å². The smallest absolute Gasteiger partial charge is 0.226 e. The van der Waals surface area contributed by atoms with Gasteiger partial charge in [0.25, 0.3) is 0 Å². The quantitative estimate of drug-likeness (QED) is 0.636. The predicted octanol–water partition coefficient (Wildman–Crippen LogP) is 1.98. The third-order valence-electron chi connectivity index (χ3n) is 3.35. The number of rotatable bonds is 1. The van der Waals surface area contributed by atoms with Gasteiger partial charge in [0.15, 0.2) is 0 Å². The maximum atomic E-state index is 12.3. The fourth-order valence-corrected chi connectivity index (χ4v) is 2.63. The summed E-state index contributed by atoms with van der Waals surface area (Å²) in [5, 5.41) is 0. The molecular weight excluding hydrogens is 202 g/mol. The van der Waals surface area contributed by atoms with Gasteiger partial charge in [-0.25, -0.2) is 0 Å². The number of ether oxygens (including phenoxy) is 1. The topological polar surface area (TPSA) is 29.5 Å². The van der Waals surface area contributed by atoms with E-state index in [0.717, 1.165) is 32.4 Å². The van der Waals surface area contributed by atoms with Crippen LogP contribution in [0.25, 0.3) is 0 Å². The Morgan fingerprint density at radius 2 is 1.94 bits per heavy atom. The number of morpholine rings is 1. The maximum Gasteiger partial charge on any atom is 0.226 e. The third kappa shape index (κ3) is 2.64. The molecule has 2 rings (SSSR count). The van der Waals surface area contributed by atoms with Crippen molar-refractivity contribution in [2.75, 3.05) is 13.1 Å². The van der Waals surface area contributed by atoms with Gasteiger partial charge in [0, 0.05) is 19.0 Å². The van der Waals surface area contributed by atoms with Crippen molar-refractivity contribution in [3.63, 3.8) is 0 Å². The molecule has 2 aliphatic rings. The van der Waals surface area contributed by atoms with Gasteiger partial charge >= 0.3 is 0 Å². The Hall–Kier alpha value is -0.830. The molecule has 3 nitrogen and oxygen atoms in total. The van der Waals surface area contributed by atoms with Crippen molar-refractivity contribution in [1.82, 2.24) is 4.90 Å². The summed E-state index contributed by atoms with van der Waals surface area (Å²) in [6, 6.07) is 0. The van der Waals surface area contributed by atoms with Crippen LogP contribution >= 0.6 is 0 Å². The molecule has 1 aliphatic heterocycles. The average molecular weight is 223 g/mol. The molecule has 0 aromatic carbocycles. The molecule has 16 heavy (non-hydrogen) atoms. The number of nitrogens with zero attached hydrogens (tertiary/aromatic N) is 1. The minimum absolute atomic E-state index is 0.173. The monoisotopic (exact) mass is 223 g/mol. The SMILES string of the molecule is CC1CN(C(=O)C2CC=CCC2)CC(C)O1. The lowest BCUT2D eigenvalue weighted by atomic mass is 9.92. The summed E-state index contributed by atoms with van der Waals surface area (Å²) >= 11 is 0. The predicted molar refractivity (Wildman–Crippen MR) is 63.1 cm³/mol. The van der Waals surface area contributed by atoms with E-state index in [2.05, 4.69) is 12.2 Å². The summed E-state index contributed by atoms with van der Waals surface area (Å²) in [7, 11) is 0. The lowest BCUT2D eigenvalue weighted by Gasteiger charge is -2.37. The highest BCUT2D eigenvalue weighted by Crippen LogP contribution is 2.22. The van der Waals surface area contributed by atoms with Crippen molar-refractivity contribution in [1.29, 1.82) is 0 Å². The first-order valence-corrected chi connectivity index (χ1v) is 6.26. The Morgan fingerprint density at radius 1 is 1.25 bits per heavy atom. The second kappa shape index (κ2) is 5.00. The highest BCUT2D eigenvalue weighted by atomic mass is 16.5. The van der Waals surface area contributed by atoms with Gasteiger partial charge in [0.2, 0.25) is 5.91 Å². The molecule has 1 aliphatic carbocycles. The van der Waals surface area contributed by atoms with Crippen LogP contribution in [0.4, 0.5) is 0 Å². The van der Waals surface area contributed by atoms with Gasteiger partial charge in [-0.2, -0.15) is 0 Å². The molecule has 90 valence electrons. The normalized spacial score (nSPS) is 35.1. The van der Waals surface area contributed by atoms with Crippen LogP contribution in [0.3, 0.4) is 0 Å². The van der Waals surface area contributed by atoms with E-state index in [4.69, 9.17) is 4.74 Å². The molecule has 0 saturated carbocycles. The van der Waals surface area contributed by atoms with E-state index in [1.54, 1.807) is 0 Å². The summed E-state index contributed by atoms with van der Waals surface area (Å²) in [5.41, 5.74) is 0. The summed E-state index contributed by atoms with van der Waals surface area (Å²) in [6.45, 7) is 5.58. The molecule has 0 spiro atoms. The Labute approximate surface area is 97.5 Å². The zero-order valence-electron chi connectivity index (χ0n) is 10.2. The maximum absolute atomic E-state index is 12.3. The van der Waals surface area contributed by atoms with Gasteiger partial charge in [-0.3, -0.25) is 4.79 Å². The Bertz CT molecular complexity index is 278. The van der Waals surface area contributed by atoms with Crippen molar-refractivity contribution in [3.05, 3.63) is 12.2 Å². The Kier molecular flexibility index (Phi) is 3.64. The molecule has 1 amide bonds. The van der Waals surface area contributed by atoms with E-state index in [-0.39, 0.29) is 18.1 Å². The fraction of sp³-hybridized carbons (Fsp3) is 0.769. The summed E-state index contributed by atoms with van der Waals surface area (Å²) in [6.07, 6.45) is 7.63. The first kappa shape index (κ1) is 11.6. The van der Waals surface area contributed by atoms with Crippen LogP contribution in [0.1, 0.15) is 33.1 Å². The lowest BCUT2D eigenvalue weighted by Crippen LogP contribution is -2.50. The van der Waals surface area contributed by atoms with Crippen LogP contribution in [-0.2, 0) is 9.53 Å². The van der Waals surface area contributed by atoms with Gasteiger partial charge in [0.05, 0.1) is 12.2 Å². The zero-order valence-corrected chi connectivity index (χ0v) is 10.2. The molecule has 0 aromatic heterocycles. The van der Waals surface area contributed by atoms with Crippen LogP contribution in [-0.4, -0.2) is 36.1 Å². The molecule has 3 unspecified atom stereocenters. The molecule has 0 N–H and O–H groups in total. The fourth-order valence-electron chi connectivity index (χ4n) is 2.63. The highest BCUT2D eigenvalue weighted by molar-refractivity contribution is 5.79. The molecule has 1 heterocycles. The van der Waals surface area contributed by atoms with Gasteiger partial charge in [-0.1, -0.05) is 12.2 Å².